The summed E-state index contributed by atoms with van der Waals surface area (Å²) in [6.45, 7) is 10.8. The molecular weight excluding hydrogens is 222 g/mol. The van der Waals surface area contributed by atoms with Gasteiger partial charge in [0.25, 0.3) is 0 Å². The molecule has 2 fully saturated rings. The van der Waals surface area contributed by atoms with Crippen molar-refractivity contribution in [3.8, 4) is 0 Å². The predicted octanol–water partition coefficient (Wildman–Crippen LogP) is 3.19. The summed E-state index contributed by atoms with van der Waals surface area (Å²) < 4.78 is 1.23. The van der Waals surface area contributed by atoms with Gasteiger partial charge in [0.05, 0.1) is 24.7 Å². The van der Waals surface area contributed by atoms with E-state index >= 15 is 0 Å². The number of nitrogens with zero attached hydrogens (tertiary/aromatic N) is 1. The second-order valence-electron chi connectivity index (χ2n) is 7.39. The Bertz CT molecular complexity index is 260. The molecule has 2 rings (SSSR count). The van der Waals surface area contributed by atoms with Crippen LogP contribution < -0.4 is 0 Å². The maximum atomic E-state index is 9.49. The largest absolute Gasteiger partial charge is 0.391 e. The van der Waals surface area contributed by atoms with Crippen molar-refractivity contribution in [2.75, 3.05) is 13.2 Å². The lowest BCUT2D eigenvalue weighted by atomic mass is 9.82. The Morgan fingerprint density at radius 2 is 1.61 bits per heavy atom. The predicted molar refractivity (Wildman–Crippen MR) is 76.3 cm³/mol. The zero-order valence-corrected chi connectivity index (χ0v) is 12.7. The maximum absolute atomic E-state index is 9.49. The van der Waals surface area contributed by atoms with Crippen LogP contribution in [0, 0.1) is 11.8 Å². The van der Waals surface area contributed by atoms with Crippen LogP contribution in [-0.4, -0.2) is 40.9 Å². The third-order valence-corrected chi connectivity index (χ3v) is 5.66. The van der Waals surface area contributed by atoms with Crippen LogP contribution in [0.2, 0.25) is 0 Å². The first-order chi connectivity index (χ1) is 8.50. The summed E-state index contributed by atoms with van der Waals surface area (Å²) in [7, 11) is 0. The first-order valence-electron chi connectivity index (χ1n) is 7.98. The van der Waals surface area contributed by atoms with Gasteiger partial charge in [-0.25, -0.2) is 0 Å². The minimum atomic E-state index is 0.361. The molecule has 0 spiro atoms. The number of aliphatic hydroxyl groups excluding tert-OH is 1. The Morgan fingerprint density at radius 3 is 2.00 bits per heavy atom. The molecule has 4 atom stereocenters. The molecule has 0 amide bonds. The Balaban J connectivity index is 2.12. The number of hydrogen-bond donors (Lipinski definition) is 1. The van der Waals surface area contributed by atoms with Gasteiger partial charge in [-0.3, -0.25) is 0 Å². The van der Waals surface area contributed by atoms with Gasteiger partial charge in [0.15, 0.2) is 0 Å². The second kappa shape index (κ2) is 5.50. The van der Waals surface area contributed by atoms with Gasteiger partial charge in [-0.15, -0.1) is 0 Å². The van der Waals surface area contributed by atoms with Crippen LogP contribution in [0.25, 0.3) is 0 Å². The van der Waals surface area contributed by atoms with E-state index in [-0.39, 0.29) is 0 Å². The van der Waals surface area contributed by atoms with Gasteiger partial charge in [-0.1, -0.05) is 13.8 Å². The van der Waals surface area contributed by atoms with Crippen molar-refractivity contribution in [2.24, 2.45) is 11.8 Å². The van der Waals surface area contributed by atoms with E-state index in [0.717, 1.165) is 30.5 Å². The maximum Gasteiger partial charge on any atom is 0.103 e. The molecule has 0 aromatic rings. The monoisotopic (exact) mass is 254 g/mol. The Hall–Kier alpha value is -0.0800. The highest BCUT2D eigenvalue weighted by molar-refractivity contribution is 4.88. The lowest BCUT2D eigenvalue weighted by molar-refractivity contribution is -0.985. The van der Waals surface area contributed by atoms with Gasteiger partial charge in [0, 0.05) is 25.7 Å². The highest BCUT2D eigenvalue weighted by Crippen LogP contribution is 2.47. The van der Waals surface area contributed by atoms with Crippen molar-refractivity contribution >= 4 is 0 Å². The van der Waals surface area contributed by atoms with Gasteiger partial charge in [0.2, 0.25) is 0 Å². The zero-order chi connectivity index (χ0) is 13.3. The van der Waals surface area contributed by atoms with Crippen molar-refractivity contribution < 1.29 is 9.59 Å². The van der Waals surface area contributed by atoms with Crippen molar-refractivity contribution in [3.63, 3.8) is 0 Å². The molecule has 0 aromatic carbocycles. The fraction of sp³-hybridized carbons (Fsp3) is 1.00. The number of hydrogen-bond acceptors (Lipinski definition) is 1. The van der Waals surface area contributed by atoms with Crippen molar-refractivity contribution in [1.82, 2.24) is 0 Å². The normalized spacial score (nSPS) is 39.8. The van der Waals surface area contributed by atoms with E-state index in [2.05, 4.69) is 27.7 Å². The molecule has 2 aliphatic heterocycles. The van der Waals surface area contributed by atoms with Crippen LogP contribution in [0.4, 0.5) is 0 Å². The molecule has 0 radical (unpaired) electrons. The average molecular weight is 254 g/mol. The fourth-order valence-electron chi connectivity index (χ4n) is 5.16. The summed E-state index contributed by atoms with van der Waals surface area (Å²) in [4.78, 5) is 0. The molecule has 2 heteroatoms. The van der Waals surface area contributed by atoms with Crippen LogP contribution in [-0.2, 0) is 0 Å². The molecule has 2 heterocycles. The molecule has 2 bridgehead atoms. The van der Waals surface area contributed by atoms with Gasteiger partial charge >= 0.3 is 0 Å². The SMILES string of the molecule is CC(C)CC1C[C@H]2CC[C@@H](C1)[N+]2(CCO)C(C)C. The van der Waals surface area contributed by atoms with Crippen LogP contribution in [0.1, 0.15) is 59.8 Å². The van der Waals surface area contributed by atoms with Gasteiger partial charge in [0.1, 0.15) is 6.54 Å². The highest BCUT2D eigenvalue weighted by atomic mass is 16.3. The van der Waals surface area contributed by atoms with E-state index < -0.39 is 0 Å². The number of fused-ring (bicyclic) bond motifs is 2. The molecule has 18 heavy (non-hydrogen) atoms. The topological polar surface area (TPSA) is 20.2 Å². The van der Waals surface area contributed by atoms with Crippen molar-refractivity contribution in [2.45, 2.75) is 77.9 Å². The van der Waals surface area contributed by atoms with Crippen LogP contribution in [0.5, 0.6) is 0 Å². The van der Waals surface area contributed by atoms with Crippen LogP contribution in [0.15, 0.2) is 0 Å². The summed E-state index contributed by atoms with van der Waals surface area (Å²) in [5.74, 6) is 1.79. The van der Waals surface area contributed by atoms with E-state index in [1.54, 1.807) is 0 Å². The molecule has 2 saturated heterocycles. The lowest BCUT2D eigenvalue weighted by Gasteiger charge is -2.52. The summed E-state index contributed by atoms with van der Waals surface area (Å²) >= 11 is 0. The molecule has 2 nitrogen and oxygen atoms in total. The van der Waals surface area contributed by atoms with Crippen molar-refractivity contribution in [3.05, 3.63) is 0 Å². The Kier molecular flexibility index (Phi) is 4.38. The molecule has 2 aliphatic rings. The standard InChI is InChI=1S/C16H32NO/c1-12(2)9-14-10-15-5-6-16(11-14)17(15,7-8-18)13(3)4/h12-16,18H,5-11H2,1-4H3/q+1/t14?,15-,16+,17?. The first-order valence-corrected chi connectivity index (χ1v) is 7.98. The molecule has 1 N–H and O–H groups in total. The lowest BCUT2D eigenvalue weighted by Crippen LogP contribution is -2.65. The minimum absolute atomic E-state index is 0.361. The minimum Gasteiger partial charge on any atom is -0.391 e. The number of aliphatic hydroxyl groups is 1. The zero-order valence-electron chi connectivity index (χ0n) is 12.7. The number of quaternary nitrogens is 1. The average Bonchev–Trinajstić information content (AvgIpc) is 2.48. The summed E-state index contributed by atoms with van der Waals surface area (Å²) in [5, 5.41) is 9.49. The van der Waals surface area contributed by atoms with Crippen LogP contribution in [0.3, 0.4) is 0 Å². The quantitative estimate of drug-likeness (QED) is 0.747. The van der Waals surface area contributed by atoms with Crippen LogP contribution >= 0.6 is 0 Å². The third-order valence-electron chi connectivity index (χ3n) is 5.66. The molecule has 0 aliphatic carbocycles. The third kappa shape index (κ3) is 2.34. The van der Waals surface area contributed by atoms with E-state index in [0.29, 0.717) is 12.6 Å². The molecule has 2 unspecified atom stereocenters. The molecule has 106 valence electrons. The number of rotatable bonds is 5. The number of piperidine rings is 1. The van der Waals surface area contributed by atoms with Gasteiger partial charge in [-0.2, -0.15) is 0 Å². The van der Waals surface area contributed by atoms with Gasteiger partial charge < -0.3 is 9.59 Å². The van der Waals surface area contributed by atoms with Gasteiger partial charge in [-0.05, 0) is 32.1 Å². The highest BCUT2D eigenvalue weighted by Gasteiger charge is 2.54. The Morgan fingerprint density at radius 1 is 1.06 bits per heavy atom. The summed E-state index contributed by atoms with van der Waals surface area (Å²) in [6, 6.07) is 2.34. The molecule has 0 aromatic heterocycles. The second-order valence-corrected chi connectivity index (χ2v) is 7.39. The smallest absolute Gasteiger partial charge is 0.103 e. The summed E-state index contributed by atoms with van der Waals surface area (Å²) in [6.07, 6.45) is 7.03. The van der Waals surface area contributed by atoms with E-state index in [1.807, 2.05) is 0 Å². The van der Waals surface area contributed by atoms with E-state index in [1.165, 1.54) is 36.6 Å². The summed E-state index contributed by atoms with van der Waals surface area (Å²) in [5.41, 5.74) is 0. The Labute approximate surface area is 113 Å². The molecule has 0 saturated carbocycles. The van der Waals surface area contributed by atoms with Crippen molar-refractivity contribution in [1.29, 1.82) is 0 Å². The van der Waals surface area contributed by atoms with E-state index in [4.69, 9.17) is 0 Å². The van der Waals surface area contributed by atoms with E-state index in [9.17, 15) is 5.11 Å². The molecular formula is C16H32NO+. The fourth-order valence-corrected chi connectivity index (χ4v) is 5.16. The first kappa shape index (κ1) is 14.3.